The summed E-state index contributed by atoms with van der Waals surface area (Å²) in [5, 5.41) is 13.3. The Bertz CT molecular complexity index is 627. The number of unbranched alkanes of at least 4 members (excludes halogenated alkanes) is 2. The van der Waals surface area contributed by atoms with Crippen LogP contribution in [0.2, 0.25) is 0 Å². The summed E-state index contributed by atoms with van der Waals surface area (Å²) in [7, 11) is 0. The van der Waals surface area contributed by atoms with Crippen molar-refractivity contribution in [2.45, 2.75) is 32.7 Å². The van der Waals surface area contributed by atoms with Gasteiger partial charge in [-0.25, -0.2) is 9.48 Å². The van der Waals surface area contributed by atoms with E-state index in [-0.39, 0.29) is 5.56 Å². The molecule has 18 heavy (non-hydrogen) atoms. The second kappa shape index (κ2) is 5.03. The van der Waals surface area contributed by atoms with Gasteiger partial charge < -0.3 is 10.1 Å². The van der Waals surface area contributed by atoms with Crippen molar-refractivity contribution < 1.29 is 9.90 Å². The van der Waals surface area contributed by atoms with Crippen LogP contribution >= 0.6 is 0 Å². The van der Waals surface area contributed by atoms with E-state index >= 15 is 0 Å². The molecule has 0 spiro atoms. The standard InChI is InChI=1S/C12H15N3O3/c1-2-3-4-5-15-11-8(7-14-15)10(16)9(6-13-11)12(17)18/h6-7H,2-5H2,1H3,(H,13,16)(H,17,18). The summed E-state index contributed by atoms with van der Waals surface area (Å²) in [4.78, 5) is 25.5. The van der Waals surface area contributed by atoms with E-state index < -0.39 is 11.4 Å². The van der Waals surface area contributed by atoms with Crippen LogP contribution in [0, 0.1) is 0 Å². The monoisotopic (exact) mass is 249 g/mol. The van der Waals surface area contributed by atoms with Crippen molar-refractivity contribution in [3.8, 4) is 0 Å². The number of aryl methyl sites for hydroxylation is 1. The first-order chi connectivity index (χ1) is 8.65. The molecule has 0 aromatic carbocycles. The fraction of sp³-hybridized carbons (Fsp3) is 0.417. The Morgan fingerprint density at radius 1 is 1.50 bits per heavy atom. The molecule has 0 radical (unpaired) electrons. The van der Waals surface area contributed by atoms with Gasteiger partial charge in [0.15, 0.2) is 0 Å². The highest BCUT2D eigenvalue weighted by Gasteiger charge is 2.14. The minimum absolute atomic E-state index is 0.254. The molecule has 0 amide bonds. The number of nitrogens with one attached hydrogen (secondary N) is 1. The number of nitrogens with zero attached hydrogens (tertiary/aromatic N) is 2. The van der Waals surface area contributed by atoms with Crippen molar-refractivity contribution in [3.05, 3.63) is 28.2 Å². The first kappa shape index (κ1) is 12.3. The van der Waals surface area contributed by atoms with E-state index in [1.165, 1.54) is 12.4 Å². The number of carboxylic acid groups (broad SMARTS) is 1. The van der Waals surface area contributed by atoms with E-state index in [0.29, 0.717) is 11.0 Å². The summed E-state index contributed by atoms with van der Waals surface area (Å²) in [6, 6.07) is 0. The van der Waals surface area contributed by atoms with Gasteiger partial charge >= 0.3 is 5.97 Å². The maximum Gasteiger partial charge on any atom is 0.341 e. The van der Waals surface area contributed by atoms with Crippen molar-refractivity contribution in [2.75, 3.05) is 0 Å². The predicted octanol–water partition coefficient (Wildman–Crippen LogP) is 1.61. The molecule has 2 heterocycles. The number of aromatic amines is 1. The Balaban J connectivity index is 2.40. The van der Waals surface area contributed by atoms with Crippen LogP contribution in [-0.2, 0) is 6.54 Å². The Labute approximate surface area is 103 Å². The lowest BCUT2D eigenvalue weighted by Crippen LogP contribution is -2.15. The molecule has 2 aromatic heterocycles. The molecule has 0 saturated heterocycles. The van der Waals surface area contributed by atoms with E-state index in [4.69, 9.17) is 5.11 Å². The molecule has 0 aliphatic rings. The van der Waals surface area contributed by atoms with Gasteiger partial charge in [-0.3, -0.25) is 4.79 Å². The zero-order valence-electron chi connectivity index (χ0n) is 10.1. The van der Waals surface area contributed by atoms with Crippen molar-refractivity contribution in [1.82, 2.24) is 14.8 Å². The quantitative estimate of drug-likeness (QED) is 0.788. The zero-order chi connectivity index (χ0) is 13.1. The number of fused-ring (bicyclic) bond motifs is 1. The molecule has 2 rings (SSSR count). The number of hydrogen-bond donors (Lipinski definition) is 2. The molecule has 2 N–H and O–H groups in total. The normalized spacial score (nSPS) is 10.9. The molecule has 2 aromatic rings. The number of carbonyl (C=O) groups is 1. The molecular weight excluding hydrogens is 234 g/mol. The lowest BCUT2D eigenvalue weighted by molar-refractivity contribution is 0.0695. The number of carboxylic acids is 1. The average molecular weight is 249 g/mol. The molecule has 6 heteroatoms. The summed E-state index contributed by atoms with van der Waals surface area (Å²) < 4.78 is 1.71. The average Bonchev–Trinajstić information content (AvgIpc) is 2.74. The van der Waals surface area contributed by atoms with Crippen LogP contribution in [0.3, 0.4) is 0 Å². The summed E-state index contributed by atoms with van der Waals surface area (Å²) in [5.41, 5.74) is -0.158. The Kier molecular flexibility index (Phi) is 3.45. The second-order valence-electron chi connectivity index (χ2n) is 4.17. The van der Waals surface area contributed by atoms with Crippen molar-refractivity contribution in [3.63, 3.8) is 0 Å². The largest absolute Gasteiger partial charge is 0.477 e. The maximum absolute atomic E-state index is 11.9. The molecule has 0 atom stereocenters. The zero-order valence-corrected chi connectivity index (χ0v) is 10.1. The molecule has 96 valence electrons. The van der Waals surface area contributed by atoms with Gasteiger partial charge in [-0.1, -0.05) is 19.8 Å². The van der Waals surface area contributed by atoms with Gasteiger partial charge in [0.2, 0.25) is 5.43 Å². The number of H-pyrrole nitrogens is 1. The van der Waals surface area contributed by atoms with Crippen LogP contribution < -0.4 is 5.43 Å². The first-order valence-corrected chi connectivity index (χ1v) is 5.95. The number of rotatable bonds is 5. The van der Waals surface area contributed by atoms with Crippen LogP contribution in [0.1, 0.15) is 36.5 Å². The summed E-state index contributed by atoms with van der Waals surface area (Å²) in [6.07, 6.45) is 5.84. The summed E-state index contributed by atoms with van der Waals surface area (Å²) in [6.45, 7) is 2.84. The summed E-state index contributed by atoms with van der Waals surface area (Å²) >= 11 is 0. The van der Waals surface area contributed by atoms with Crippen LogP contribution in [-0.4, -0.2) is 25.8 Å². The van der Waals surface area contributed by atoms with Gasteiger partial charge in [0, 0.05) is 12.7 Å². The Morgan fingerprint density at radius 3 is 2.94 bits per heavy atom. The topological polar surface area (TPSA) is 88.0 Å². The minimum Gasteiger partial charge on any atom is -0.477 e. The van der Waals surface area contributed by atoms with E-state index in [0.717, 1.165) is 25.8 Å². The third kappa shape index (κ3) is 2.13. The lowest BCUT2D eigenvalue weighted by Gasteiger charge is -2.02. The minimum atomic E-state index is -1.23. The fourth-order valence-electron chi connectivity index (χ4n) is 1.89. The number of aromatic nitrogens is 3. The lowest BCUT2D eigenvalue weighted by atomic mass is 10.2. The highest BCUT2D eigenvalue weighted by molar-refractivity contribution is 5.91. The van der Waals surface area contributed by atoms with Gasteiger partial charge in [-0.05, 0) is 6.42 Å². The molecule has 0 saturated carbocycles. The Morgan fingerprint density at radius 2 is 2.28 bits per heavy atom. The van der Waals surface area contributed by atoms with E-state index in [1.807, 2.05) is 0 Å². The number of hydrogen-bond acceptors (Lipinski definition) is 3. The van der Waals surface area contributed by atoms with Crippen LogP contribution in [0.5, 0.6) is 0 Å². The van der Waals surface area contributed by atoms with Gasteiger partial charge in [0.25, 0.3) is 0 Å². The Hall–Kier alpha value is -2.11. The molecule has 0 aliphatic carbocycles. The highest BCUT2D eigenvalue weighted by atomic mass is 16.4. The van der Waals surface area contributed by atoms with Gasteiger partial charge in [-0.15, -0.1) is 0 Å². The molecular formula is C12H15N3O3. The van der Waals surface area contributed by atoms with Gasteiger partial charge in [-0.2, -0.15) is 5.10 Å². The molecule has 0 fully saturated rings. The van der Waals surface area contributed by atoms with Crippen LogP contribution in [0.15, 0.2) is 17.2 Å². The van der Waals surface area contributed by atoms with Crippen LogP contribution in [0.25, 0.3) is 11.0 Å². The van der Waals surface area contributed by atoms with Crippen molar-refractivity contribution >= 4 is 17.0 Å². The van der Waals surface area contributed by atoms with Gasteiger partial charge in [0.05, 0.1) is 11.6 Å². The maximum atomic E-state index is 11.9. The summed E-state index contributed by atoms with van der Waals surface area (Å²) in [5.74, 6) is -1.23. The smallest absolute Gasteiger partial charge is 0.341 e. The van der Waals surface area contributed by atoms with Crippen molar-refractivity contribution in [2.24, 2.45) is 0 Å². The molecule has 0 aliphatic heterocycles. The van der Waals surface area contributed by atoms with E-state index in [9.17, 15) is 9.59 Å². The van der Waals surface area contributed by atoms with Crippen LogP contribution in [0.4, 0.5) is 0 Å². The molecule has 0 unspecified atom stereocenters. The van der Waals surface area contributed by atoms with E-state index in [1.54, 1.807) is 4.68 Å². The first-order valence-electron chi connectivity index (χ1n) is 5.95. The van der Waals surface area contributed by atoms with Gasteiger partial charge in [0.1, 0.15) is 11.2 Å². The predicted molar refractivity (Wildman–Crippen MR) is 66.8 cm³/mol. The third-order valence-electron chi connectivity index (χ3n) is 2.89. The number of pyridine rings is 1. The highest BCUT2D eigenvalue weighted by Crippen LogP contribution is 2.09. The number of aromatic carboxylic acids is 1. The molecule has 0 bridgehead atoms. The third-order valence-corrected chi connectivity index (χ3v) is 2.89. The van der Waals surface area contributed by atoms with Crippen molar-refractivity contribution in [1.29, 1.82) is 0 Å². The molecule has 6 nitrogen and oxygen atoms in total. The fourth-order valence-corrected chi connectivity index (χ4v) is 1.89. The van der Waals surface area contributed by atoms with E-state index in [2.05, 4.69) is 17.0 Å². The SMILES string of the molecule is CCCCCn1ncc2c(=O)c(C(=O)O)c[nH]c21. The second-order valence-corrected chi connectivity index (χ2v) is 4.17.